The molecule has 7 heteroatoms. The minimum absolute atomic E-state index is 0.371. The largest absolute Gasteiger partial charge is 0.604 e. The Labute approximate surface area is 132 Å². The van der Waals surface area contributed by atoms with Crippen LogP contribution in [0.2, 0.25) is 5.02 Å². The second-order valence-corrected chi connectivity index (χ2v) is 6.99. The van der Waals surface area contributed by atoms with Crippen molar-refractivity contribution in [1.82, 2.24) is 0 Å². The highest BCUT2D eigenvalue weighted by molar-refractivity contribution is 7.50. The monoisotopic (exact) mass is 344 g/mol. The zero-order valence-corrected chi connectivity index (χ0v) is 13.4. The zero-order valence-electron chi connectivity index (χ0n) is 11.0. The van der Waals surface area contributed by atoms with Gasteiger partial charge in [-0.05, 0) is 36.8 Å². The van der Waals surface area contributed by atoms with Crippen LogP contribution in [0, 0.1) is 6.92 Å². The summed E-state index contributed by atoms with van der Waals surface area (Å²) in [5, 5.41) is 0.565. The number of benzene rings is 2. The van der Waals surface area contributed by atoms with Crippen molar-refractivity contribution in [1.29, 1.82) is 0 Å². The number of phosphoric acid groups is 1. The molecule has 0 radical (unpaired) electrons. The van der Waals surface area contributed by atoms with Crippen LogP contribution in [0.15, 0.2) is 36.4 Å². The van der Waals surface area contributed by atoms with Crippen LogP contribution in [0.4, 0.5) is 0 Å². The van der Waals surface area contributed by atoms with Gasteiger partial charge < -0.3 is 9.05 Å². The lowest BCUT2D eigenvalue weighted by Gasteiger charge is -2.22. The lowest BCUT2D eigenvalue weighted by molar-refractivity contribution is 0.303. The molecule has 0 amide bonds. The summed E-state index contributed by atoms with van der Waals surface area (Å²) in [6.07, 6.45) is 0.537. The first kappa shape index (κ1) is 14.7. The number of fused-ring (bicyclic) bond motifs is 2. The molecular weight excluding hydrogens is 334 g/mol. The highest BCUT2D eigenvalue weighted by Gasteiger charge is 2.34. The molecule has 1 heterocycles. The molecule has 0 saturated heterocycles. The van der Waals surface area contributed by atoms with Crippen LogP contribution in [-0.4, -0.2) is 0 Å². The maximum atomic E-state index is 12.4. The molecule has 0 fully saturated rings. The van der Waals surface area contributed by atoms with Gasteiger partial charge in [0.2, 0.25) is 0 Å². The van der Waals surface area contributed by atoms with E-state index in [0.29, 0.717) is 22.9 Å². The second-order valence-electron chi connectivity index (χ2n) is 4.74. The lowest BCUT2D eigenvalue weighted by Crippen LogP contribution is -2.08. The van der Waals surface area contributed by atoms with Crippen molar-refractivity contribution in [2.45, 2.75) is 13.3 Å². The van der Waals surface area contributed by atoms with Gasteiger partial charge in [0.25, 0.3) is 0 Å². The fraction of sp³-hybridized carbons (Fsp3) is 0.143. The third kappa shape index (κ3) is 3.04. The van der Waals surface area contributed by atoms with Crippen molar-refractivity contribution >= 4 is 31.3 Å². The van der Waals surface area contributed by atoms with E-state index in [0.717, 1.165) is 16.7 Å². The first-order chi connectivity index (χ1) is 9.99. The van der Waals surface area contributed by atoms with Gasteiger partial charge in [-0.3, -0.25) is 0 Å². The third-order valence-corrected chi connectivity index (χ3v) is 4.88. The van der Waals surface area contributed by atoms with E-state index in [4.69, 9.17) is 32.5 Å². The molecule has 0 aromatic heterocycles. The van der Waals surface area contributed by atoms with E-state index >= 15 is 0 Å². The first-order valence-corrected chi connectivity index (χ1v) is 8.31. The Balaban J connectivity index is 2.18. The van der Waals surface area contributed by atoms with Crippen molar-refractivity contribution in [3.8, 4) is 11.5 Å². The molecule has 0 aliphatic carbocycles. The highest BCUT2D eigenvalue weighted by Crippen LogP contribution is 2.53. The van der Waals surface area contributed by atoms with Crippen LogP contribution in [0.1, 0.15) is 16.7 Å². The molecule has 0 N–H and O–H groups in total. The average molecular weight is 345 g/mol. The van der Waals surface area contributed by atoms with Gasteiger partial charge in [-0.1, -0.05) is 29.3 Å². The van der Waals surface area contributed by atoms with Crippen LogP contribution < -0.4 is 9.05 Å². The van der Waals surface area contributed by atoms with E-state index in [1.54, 1.807) is 24.3 Å². The van der Waals surface area contributed by atoms with Crippen molar-refractivity contribution < 1.29 is 17.7 Å². The number of aryl methyl sites for hydroxylation is 1. The van der Waals surface area contributed by atoms with Gasteiger partial charge in [0.05, 0.1) is 11.9 Å². The topological polar surface area (TPSA) is 44.8 Å². The molecule has 3 rings (SSSR count). The predicted octanol–water partition coefficient (Wildman–Crippen LogP) is 5.29. The van der Waals surface area contributed by atoms with Gasteiger partial charge in [0, 0.05) is 17.0 Å². The van der Waals surface area contributed by atoms with Gasteiger partial charge in [0.1, 0.15) is 11.5 Å². The molecule has 4 nitrogen and oxygen atoms in total. The molecule has 0 spiro atoms. The SMILES string of the molecule is Cc1ccc2c(c1)Cc1cc(Cl)ccc1OP(=O)(OCl)O2. The summed E-state index contributed by atoms with van der Waals surface area (Å²) in [4.78, 5) is 0. The summed E-state index contributed by atoms with van der Waals surface area (Å²) < 4.78 is 27.6. The molecule has 0 saturated carbocycles. The van der Waals surface area contributed by atoms with Gasteiger partial charge >= 0.3 is 7.82 Å². The fourth-order valence-corrected chi connectivity index (χ4v) is 3.50. The Morgan fingerprint density at radius 2 is 1.71 bits per heavy atom. The molecule has 2 aromatic carbocycles. The number of phosphoric ester groups is 1. The van der Waals surface area contributed by atoms with E-state index < -0.39 is 7.82 Å². The summed E-state index contributed by atoms with van der Waals surface area (Å²) in [6, 6.07) is 10.5. The van der Waals surface area contributed by atoms with E-state index in [9.17, 15) is 4.57 Å². The molecule has 1 aliphatic rings. The van der Waals surface area contributed by atoms with Crippen LogP contribution in [-0.2, 0) is 15.1 Å². The maximum Gasteiger partial charge on any atom is 0.604 e. The molecule has 0 bridgehead atoms. The number of hydrogen-bond donors (Lipinski definition) is 0. The quantitative estimate of drug-likeness (QED) is 0.659. The number of rotatable bonds is 1. The Bertz CT molecular complexity index is 690. The van der Waals surface area contributed by atoms with Crippen molar-refractivity contribution in [3.05, 3.63) is 58.1 Å². The Morgan fingerprint density at radius 1 is 1.10 bits per heavy atom. The van der Waals surface area contributed by atoms with Crippen LogP contribution >= 0.6 is 31.3 Å². The van der Waals surface area contributed by atoms with Crippen molar-refractivity contribution in [3.63, 3.8) is 0 Å². The Kier molecular flexibility index (Phi) is 3.89. The average Bonchev–Trinajstić information content (AvgIpc) is 2.43. The van der Waals surface area contributed by atoms with Gasteiger partial charge in [0.15, 0.2) is 0 Å². The van der Waals surface area contributed by atoms with E-state index in [2.05, 4.69) is 4.08 Å². The van der Waals surface area contributed by atoms with Crippen LogP contribution in [0.25, 0.3) is 0 Å². The van der Waals surface area contributed by atoms with Gasteiger partial charge in [-0.25, -0.2) is 4.57 Å². The third-order valence-electron chi connectivity index (χ3n) is 3.12. The predicted molar refractivity (Wildman–Crippen MR) is 81.2 cm³/mol. The minimum Gasteiger partial charge on any atom is -0.394 e. The zero-order chi connectivity index (χ0) is 15.0. The summed E-state index contributed by atoms with van der Waals surface area (Å²) in [5.74, 6) is 0.783. The van der Waals surface area contributed by atoms with Crippen LogP contribution in [0.3, 0.4) is 0 Å². The normalized spacial score (nSPS) is 20.3. The first-order valence-electron chi connectivity index (χ1n) is 6.17. The van der Waals surface area contributed by atoms with E-state index in [-0.39, 0.29) is 0 Å². The summed E-state index contributed by atoms with van der Waals surface area (Å²) in [6.45, 7) is 1.96. The van der Waals surface area contributed by atoms with Gasteiger partial charge in [-0.15, -0.1) is 0 Å². The second kappa shape index (κ2) is 5.54. The number of hydrogen-bond acceptors (Lipinski definition) is 4. The molecule has 1 atom stereocenters. The molecular formula is C14H11Cl2O4P. The van der Waals surface area contributed by atoms with E-state index in [1.165, 1.54) is 0 Å². The standard InChI is InChI=1S/C14H11Cl2O4P/c1-9-2-4-13-10(6-9)7-11-8-12(15)3-5-14(11)19-21(17,18-13)20-16/h2-6,8H,7H2,1H3. The minimum atomic E-state index is -3.94. The summed E-state index contributed by atoms with van der Waals surface area (Å²) >= 11 is 11.3. The van der Waals surface area contributed by atoms with Crippen molar-refractivity contribution in [2.75, 3.05) is 0 Å². The molecule has 110 valence electrons. The Hall–Kier alpha value is -1.19. The van der Waals surface area contributed by atoms with Crippen LogP contribution in [0.5, 0.6) is 11.5 Å². The lowest BCUT2D eigenvalue weighted by atomic mass is 10.0. The van der Waals surface area contributed by atoms with E-state index in [1.807, 2.05) is 19.1 Å². The maximum absolute atomic E-state index is 12.4. The van der Waals surface area contributed by atoms with Crippen molar-refractivity contribution in [2.24, 2.45) is 0 Å². The smallest absolute Gasteiger partial charge is 0.394 e. The number of halogens is 2. The fourth-order valence-electron chi connectivity index (χ4n) is 2.20. The van der Waals surface area contributed by atoms with Gasteiger partial charge in [-0.2, -0.15) is 4.08 Å². The molecule has 1 aliphatic heterocycles. The molecule has 1 unspecified atom stereocenters. The molecule has 21 heavy (non-hydrogen) atoms. The highest BCUT2D eigenvalue weighted by atomic mass is 35.5. The molecule has 2 aromatic rings. The Morgan fingerprint density at radius 3 is 2.38 bits per heavy atom. The summed E-state index contributed by atoms with van der Waals surface area (Å²) in [7, 11) is -3.94. The summed E-state index contributed by atoms with van der Waals surface area (Å²) in [5.41, 5.74) is 2.70.